The molecule has 0 N–H and O–H groups in total. The van der Waals surface area contributed by atoms with Crippen LogP contribution in [0.15, 0.2) is 21.5 Å². The van der Waals surface area contributed by atoms with Gasteiger partial charge in [0.1, 0.15) is 0 Å². The van der Waals surface area contributed by atoms with Crippen LogP contribution in [0.1, 0.15) is 69.8 Å². The SMILES string of the molecule is CC(C)(C)c1ccc(=O)n(CC2CCN(Cc3noc(C4CCOCC4)n3)CC2)n1. The molecule has 2 aliphatic heterocycles. The highest BCUT2D eigenvalue weighted by Gasteiger charge is 2.25. The van der Waals surface area contributed by atoms with Crippen molar-refractivity contribution in [3.05, 3.63) is 39.9 Å². The molecule has 8 heteroatoms. The van der Waals surface area contributed by atoms with Gasteiger partial charge in [-0.15, -0.1) is 0 Å². The molecule has 0 atom stereocenters. The summed E-state index contributed by atoms with van der Waals surface area (Å²) in [5.41, 5.74) is 0.877. The molecule has 2 fully saturated rings. The lowest BCUT2D eigenvalue weighted by atomic mass is 9.92. The van der Waals surface area contributed by atoms with Gasteiger partial charge in [0.25, 0.3) is 5.56 Å². The fourth-order valence-corrected chi connectivity index (χ4v) is 4.19. The van der Waals surface area contributed by atoms with Crippen LogP contribution >= 0.6 is 0 Å². The Labute approximate surface area is 177 Å². The van der Waals surface area contributed by atoms with E-state index in [9.17, 15) is 4.79 Å². The molecule has 0 saturated carbocycles. The fraction of sp³-hybridized carbons (Fsp3) is 0.727. The summed E-state index contributed by atoms with van der Waals surface area (Å²) in [6.45, 7) is 11.2. The summed E-state index contributed by atoms with van der Waals surface area (Å²) in [4.78, 5) is 19.3. The van der Waals surface area contributed by atoms with Crippen LogP contribution in [0.4, 0.5) is 0 Å². The Morgan fingerprint density at radius 2 is 1.83 bits per heavy atom. The van der Waals surface area contributed by atoms with E-state index in [1.54, 1.807) is 10.7 Å². The number of likely N-dealkylation sites (tertiary alicyclic amines) is 1. The molecule has 164 valence electrons. The zero-order chi connectivity index (χ0) is 21.1. The summed E-state index contributed by atoms with van der Waals surface area (Å²) in [5, 5.41) is 8.81. The molecular weight excluding hydrogens is 382 g/mol. The molecule has 4 heterocycles. The van der Waals surface area contributed by atoms with Crippen LogP contribution in [0.3, 0.4) is 0 Å². The van der Waals surface area contributed by atoms with Gasteiger partial charge in [-0.25, -0.2) is 4.68 Å². The largest absolute Gasteiger partial charge is 0.381 e. The van der Waals surface area contributed by atoms with E-state index in [0.717, 1.165) is 75.9 Å². The zero-order valence-electron chi connectivity index (χ0n) is 18.3. The van der Waals surface area contributed by atoms with Gasteiger partial charge in [-0.2, -0.15) is 10.1 Å². The van der Waals surface area contributed by atoms with Crippen LogP contribution in [0.5, 0.6) is 0 Å². The highest BCUT2D eigenvalue weighted by Crippen LogP contribution is 2.26. The van der Waals surface area contributed by atoms with Crippen molar-refractivity contribution in [3.63, 3.8) is 0 Å². The minimum atomic E-state index is -0.0626. The van der Waals surface area contributed by atoms with E-state index >= 15 is 0 Å². The maximum atomic E-state index is 12.3. The summed E-state index contributed by atoms with van der Waals surface area (Å²) >= 11 is 0. The predicted molar refractivity (Wildman–Crippen MR) is 112 cm³/mol. The van der Waals surface area contributed by atoms with Gasteiger partial charge in [-0.05, 0) is 50.8 Å². The van der Waals surface area contributed by atoms with Gasteiger partial charge < -0.3 is 9.26 Å². The van der Waals surface area contributed by atoms with Crippen LogP contribution in [-0.2, 0) is 23.2 Å². The van der Waals surface area contributed by atoms with Gasteiger partial charge in [0.2, 0.25) is 5.89 Å². The Hall–Kier alpha value is -2.06. The summed E-state index contributed by atoms with van der Waals surface area (Å²) in [5.74, 6) is 2.32. The van der Waals surface area contributed by atoms with Gasteiger partial charge >= 0.3 is 0 Å². The van der Waals surface area contributed by atoms with E-state index in [1.807, 2.05) is 6.07 Å². The first-order chi connectivity index (χ1) is 14.4. The molecule has 0 aromatic carbocycles. The van der Waals surface area contributed by atoms with Gasteiger partial charge in [-0.1, -0.05) is 25.9 Å². The average molecular weight is 416 g/mol. The second-order valence-electron chi connectivity index (χ2n) is 9.64. The van der Waals surface area contributed by atoms with Crippen molar-refractivity contribution >= 4 is 0 Å². The Morgan fingerprint density at radius 3 is 2.53 bits per heavy atom. The van der Waals surface area contributed by atoms with Gasteiger partial charge in [0, 0.05) is 37.2 Å². The Morgan fingerprint density at radius 1 is 1.10 bits per heavy atom. The molecule has 2 aliphatic rings. The third-order valence-electron chi connectivity index (χ3n) is 6.19. The van der Waals surface area contributed by atoms with E-state index in [2.05, 4.69) is 40.9 Å². The van der Waals surface area contributed by atoms with Crippen LogP contribution < -0.4 is 5.56 Å². The third-order valence-corrected chi connectivity index (χ3v) is 6.19. The first-order valence-corrected chi connectivity index (χ1v) is 11.1. The minimum Gasteiger partial charge on any atom is -0.381 e. The molecule has 0 spiro atoms. The molecule has 0 amide bonds. The lowest BCUT2D eigenvalue weighted by Crippen LogP contribution is -2.37. The van der Waals surface area contributed by atoms with Crippen molar-refractivity contribution in [2.75, 3.05) is 26.3 Å². The van der Waals surface area contributed by atoms with Crippen LogP contribution in [0.2, 0.25) is 0 Å². The summed E-state index contributed by atoms with van der Waals surface area (Å²) in [6, 6.07) is 3.50. The first-order valence-electron chi connectivity index (χ1n) is 11.1. The van der Waals surface area contributed by atoms with Crippen molar-refractivity contribution in [2.45, 2.75) is 70.9 Å². The smallest absolute Gasteiger partial charge is 0.266 e. The lowest BCUT2D eigenvalue weighted by molar-refractivity contribution is 0.0778. The van der Waals surface area contributed by atoms with Crippen molar-refractivity contribution in [1.29, 1.82) is 0 Å². The van der Waals surface area contributed by atoms with Crippen molar-refractivity contribution in [3.8, 4) is 0 Å². The van der Waals surface area contributed by atoms with Crippen LogP contribution in [0.25, 0.3) is 0 Å². The number of hydrogen-bond donors (Lipinski definition) is 0. The summed E-state index contributed by atoms with van der Waals surface area (Å²) in [7, 11) is 0. The van der Waals surface area contributed by atoms with Crippen LogP contribution in [0, 0.1) is 5.92 Å². The highest BCUT2D eigenvalue weighted by atomic mass is 16.5. The third kappa shape index (κ3) is 5.16. The second kappa shape index (κ2) is 8.98. The molecule has 4 rings (SSSR count). The number of piperidine rings is 1. The number of aromatic nitrogens is 4. The molecule has 0 radical (unpaired) electrons. The molecule has 0 bridgehead atoms. The van der Waals surface area contributed by atoms with Gasteiger partial charge in [0.05, 0.1) is 12.2 Å². The molecule has 0 unspecified atom stereocenters. The monoisotopic (exact) mass is 415 g/mol. The second-order valence-corrected chi connectivity index (χ2v) is 9.64. The predicted octanol–water partition coefficient (Wildman–Crippen LogP) is 2.73. The molecule has 2 saturated heterocycles. The molecule has 0 aliphatic carbocycles. The average Bonchev–Trinajstić information content (AvgIpc) is 3.19. The number of hydrogen-bond acceptors (Lipinski definition) is 7. The first kappa shape index (κ1) is 21.2. The fourth-order valence-electron chi connectivity index (χ4n) is 4.19. The maximum absolute atomic E-state index is 12.3. The zero-order valence-corrected chi connectivity index (χ0v) is 18.3. The Balaban J connectivity index is 1.29. The topological polar surface area (TPSA) is 86.3 Å². The number of ether oxygens (including phenoxy) is 1. The Kier molecular flexibility index (Phi) is 6.34. The summed E-state index contributed by atoms with van der Waals surface area (Å²) < 4.78 is 12.6. The molecule has 2 aromatic rings. The van der Waals surface area contributed by atoms with Crippen molar-refractivity contribution in [1.82, 2.24) is 24.8 Å². The lowest BCUT2D eigenvalue weighted by Gasteiger charge is -2.31. The Bertz CT molecular complexity index is 887. The van der Waals surface area contributed by atoms with E-state index in [1.165, 1.54) is 0 Å². The van der Waals surface area contributed by atoms with E-state index in [0.29, 0.717) is 18.4 Å². The summed E-state index contributed by atoms with van der Waals surface area (Å²) in [6.07, 6.45) is 3.99. The van der Waals surface area contributed by atoms with E-state index < -0.39 is 0 Å². The molecule has 2 aromatic heterocycles. The highest BCUT2D eigenvalue weighted by molar-refractivity contribution is 5.10. The van der Waals surface area contributed by atoms with E-state index in [4.69, 9.17) is 9.26 Å². The van der Waals surface area contributed by atoms with E-state index in [-0.39, 0.29) is 11.0 Å². The molecular formula is C22H33N5O3. The standard InChI is InChI=1S/C22H33N5O3/c1-22(2,3)18-4-5-20(28)27(24-18)14-16-6-10-26(11-7-16)15-19-23-21(30-25-19)17-8-12-29-13-9-17/h4-5,16-17H,6-15H2,1-3H3. The quantitative estimate of drug-likeness (QED) is 0.742. The van der Waals surface area contributed by atoms with Crippen molar-refractivity contribution in [2.24, 2.45) is 5.92 Å². The van der Waals surface area contributed by atoms with Crippen LogP contribution in [-0.4, -0.2) is 51.1 Å². The normalized spacial score (nSPS) is 20.0. The minimum absolute atomic E-state index is 0.0159. The maximum Gasteiger partial charge on any atom is 0.266 e. The van der Waals surface area contributed by atoms with Crippen molar-refractivity contribution < 1.29 is 9.26 Å². The number of nitrogens with zero attached hydrogens (tertiary/aromatic N) is 5. The van der Waals surface area contributed by atoms with Gasteiger partial charge in [-0.3, -0.25) is 9.69 Å². The van der Waals surface area contributed by atoms with Gasteiger partial charge in [0.15, 0.2) is 5.82 Å². The molecule has 30 heavy (non-hydrogen) atoms. The molecule has 8 nitrogen and oxygen atoms in total. The number of rotatable bonds is 5.